The minimum Gasteiger partial charge on any atom is -0.493 e. The topological polar surface area (TPSA) is 78.9 Å². The molecule has 0 unspecified atom stereocenters. The monoisotopic (exact) mass is 464 g/mol. The summed E-state index contributed by atoms with van der Waals surface area (Å²) >= 11 is 0. The lowest BCUT2D eigenvalue weighted by Crippen LogP contribution is -2.37. The first kappa shape index (κ1) is 22.6. The van der Waals surface area contributed by atoms with Crippen molar-refractivity contribution < 1.29 is 14.2 Å². The minimum absolute atomic E-state index is 0.599. The molecule has 0 N–H and O–H groups in total. The fourth-order valence-electron chi connectivity index (χ4n) is 4.77. The fourth-order valence-corrected chi connectivity index (χ4v) is 4.77. The highest BCUT2D eigenvalue weighted by atomic mass is 16.5. The molecule has 1 aromatic carbocycles. The van der Waals surface area contributed by atoms with Crippen LogP contribution in [0.5, 0.6) is 11.5 Å². The predicted molar refractivity (Wildman–Crippen MR) is 130 cm³/mol. The summed E-state index contributed by atoms with van der Waals surface area (Å²) in [4.78, 5) is 12.2. The van der Waals surface area contributed by atoms with Gasteiger partial charge in [0, 0.05) is 38.3 Å². The van der Waals surface area contributed by atoms with Gasteiger partial charge in [0.25, 0.3) is 0 Å². The lowest BCUT2D eigenvalue weighted by atomic mass is 10.1. The largest absolute Gasteiger partial charge is 0.493 e. The van der Waals surface area contributed by atoms with Crippen LogP contribution in [-0.2, 0) is 17.7 Å². The molecule has 4 heterocycles. The van der Waals surface area contributed by atoms with E-state index in [1.165, 1.54) is 11.3 Å². The molecule has 1 saturated heterocycles. The molecule has 5 rings (SSSR count). The molecule has 0 radical (unpaired) electrons. The number of benzene rings is 1. The van der Waals surface area contributed by atoms with Gasteiger partial charge >= 0.3 is 0 Å². The Bertz CT molecular complexity index is 1310. The minimum atomic E-state index is 0.599. The summed E-state index contributed by atoms with van der Waals surface area (Å²) in [5.41, 5.74) is 5.35. The van der Waals surface area contributed by atoms with E-state index in [2.05, 4.69) is 23.3 Å². The van der Waals surface area contributed by atoms with E-state index in [4.69, 9.17) is 29.3 Å². The van der Waals surface area contributed by atoms with Crippen molar-refractivity contribution in [2.45, 2.75) is 33.2 Å². The summed E-state index contributed by atoms with van der Waals surface area (Å²) in [6.45, 7) is 10.0. The second-order valence-electron chi connectivity index (χ2n) is 8.78. The molecule has 9 heteroatoms. The zero-order valence-electron chi connectivity index (χ0n) is 20.4. The molecule has 0 amide bonds. The molecule has 34 heavy (non-hydrogen) atoms. The van der Waals surface area contributed by atoms with Gasteiger partial charge in [-0.3, -0.25) is 4.90 Å². The maximum absolute atomic E-state index is 5.46. The Labute approximate surface area is 199 Å². The van der Waals surface area contributed by atoms with Gasteiger partial charge in [-0.1, -0.05) is 6.07 Å². The first-order valence-corrected chi connectivity index (χ1v) is 11.8. The molecule has 4 aromatic rings. The van der Waals surface area contributed by atoms with Gasteiger partial charge < -0.3 is 18.8 Å². The number of hydrogen-bond acceptors (Lipinski definition) is 7. The number of morpholine rings is 1. The van der Waals surface area contributed by atoms with E-state index >= 15 is 0 Å². The molecule has 9 nitrogen and oxygen atoms in total. The van der Waals surface area contributed by atoms with Gasteiger partial charge in [-0.25, -0.2) is 14.5 Å². The second kappa shape index (κ2) is 9.60. The van der Waals surface area contributed by atoms with Crippen LogP contribution in [0.3, 0.4) is 0 Å². The number of aromatic nitrogens is 5. The molecule has 1 fully saturated rings. The molecule has 0 bridgehead atoms. The number of rotatable bonds is 8. The van der Waals surface area contributed by atoms with E-state index in [1.54, 1.807) is 25.1 Å². The molecule has 1 aliphatic rings. The van der Waals surface area contributed by atoms with Crippen LogP contribution in [0.25, 0.3) is 16.7 Å². The van der Waals surface area contributed by atoms with E-state index in [0.717, 1.165) is 73.9 Å². The van der Waals surface area contributed by atoms with Crippen LogP contribution in [0.4, 0.5) is 0 Å². The Morgan fingerprint density at radius 2 is 1.79 bits per heavy atom. The summed E-state index contributed by atoms with van der Waals surface area (Å²) in [6, 6.07) is 5.90. The van der Waals surface area contributed by atoms with Crippen LogP contribution in [0.1, 0.15) is 29.1 Å². The van der Waals surface area contributed by atoms with Crippen molar-refractivity contribution in [1.29, 1.82) is 0 Å². The van der Waals surface area contributed by atoms with Crippen molar-refractivity contribution in [3.05, 3.63) is 47.2 Å². The number of aryl methyl sites for hydroxylation is 2. The third-order valence-corrected chi connectivity index (χ3v) is 6.76. The highest BCUT2D eigenvalue weighted by Gasteiger charge is 2.19. The fraction of sp³-hybridized carbons (Fsp3) is 0.480. The Morgan fingerprint density at radius 3 is 2.56 bits per heavy atom. The predicted octanol–water partition coefficient (Wildman–Crippen LogP) is 3.03. The average molecular weight is 465 g/mol. The summed E-state index contributed by atoms with van der Waals surface area (Å²) in [5, 5.41) is 5.78. The van der Waals surface area contributed by atoms with E-state index in [1.807, 2.05) is 18.2 Å². The van der Waals surface area contributed by atoms with Crippen molar-refractivity contribution in [2.75, 3.05) is 47.1 Å². The molecule has 0 saturated carbocycles. The smallest absolute Gasteiger partial charge is 0.168 e. The van der Waals surface area contributed by atoms with Gasteiger partial charge in [0.1, 0.15) is 12.0 Å². The number of hydrogen-bond donors (Lipinski definition) is 0. The van der Waals surface area contributed by atoms with E-state index in [0.29, 0.717) is 17.9 Å². The summed E-state index contributed by atoms with van der Waals surface area (Å²) < 4.78 is 20.4. The lowest BCUT2D eigenvalue weighted by Gasteiger charge is -2.26. The van der Waals surface area contributed by atoms with Crippen molar-refractivity contribution in [3.63, 3.8) is 0 Å². The molecule has 0 atom stereocenters. The Morgan fingerprint density at radius 1 is 1.00 bits per heavy atom. The summed E-state index contributed by atoms with van der Waals surface area (Å²) in [6.07, 6.45) is 3.45. The zero-order valence-corrected chi connectivity index (χ0v) is 20.4. The third kappa shape index (κ3) is 4.21. The number of nitrogens with zero attached hydrogens (tertiary/aromatic N) is 6. The lowest BCUT2D eigenvalue weighted by molar-refractivity contribution is 0.0369. The van der Waals surface area contributed by atoms with Crippen LogP contribution < -0.4 is 9.47 Å². The van der Waals surface area contributed by atoms with Crippen LogP contribution >= 0.6 is 0 Å². The van der Waals surface area contributed by atoms with Gasteiger partial charge in [0.15, 0.2) is 23.0 Å². The molecule has 0 aliphatic carbocycles. The van der Waals surface area contributed by atoms with Gasteiger partial charge in [-0.05, 0) is 43.5 Å². The van der Waals surface area contributed by atoms with Crippen LogP contribution in [-0.4, -0.2) is 76.1 Å². The Hall–Kier alpha value is -3.17. The van der Waals surface area contributed by atoms with Crippen LogP contribution in [0.15, 0.2) is 24.5 Å². The van der Waals surface area contributed by atoms with E-state index < -0.39 is 0 Å². The molecule has 0 spiro atoms. The van der Waals surface area contributed by atoms with Gasteiger partial charge in [0.2, 0.25) is 0 Å². The number of ether oxygens (including phenoxy) is 3. The molecule has 3 aromatic heterocycles. The third-order valence-electron chi connectivity index (χ3n) is 6.76. The normalized spacial score (nSPS) is 14.8. The quantitative estimate of drug-likeness (QED) is 0.397. The van der Waals surface area contributed by atoms with Gasteiger partial charge in [0.05, 0.1) is 32.8 Å². The van der Waals surface area contributed by atoms with Crippen molar-refractivity contribution in [2.24, 2.45) is 0 Å². The van der Waals surface area contributed by atoms with Gasteiger partial charge in [-0.2, -0.15) is 0 Å². The first-order chi connectivity index (χ1) is 16.6. The Balaban J connectivity index is 1.41. The summed E-state index contributed by atoms with van der Waals surface area (Å²) in [5.74, 6) is 2.16. The van der Waals surface area contributed by atoms with E-state index in [9.17, 15) is 0 Å². The van der Waals surface area contributed by atoms with Crippen LogP contribution in [0, 0.1) is 13.8 Å². The summed E-state index contributed by atoms with van der Waals surface area (Å²) in [7, 11) is 3.28. The average Bonchev–Trinajstić information content (AvgIpc) is 3.38. The molecule has 180 valence electrons. The van der Waals surface area contributed by atoms with E-state index in [-0.39, 0.29) is 0 Å². The highest BCUT2D eigenvalue weighted by Crippen LogP contribution is 2.29. The first-order valence-electron chi connectivity index (χ1n) is 11.8. The SMILES string of the molecule is COc1ccc(Cc2nc3c4c(C)c(C)n(CCCN5CCOCC5)c4ncn3n2)cc1OC. The van der Waals surface area contributed by atoms with Crippen molar-refractivity contribution >= 4 is 16.7 Å². The number of fused-ring (bicyclic) bond motifs is 3. The number of methoxy groups -OCH3 is 2. The standard InChI is InChI=1S/C25H32N6O3/c1-17-18(2)30(9-5-8-29-10-12-34-13-11-29)24-23(17)25-27-22(28-31(25)16-26-24)15-19-6-7-20(32-3)21(14-19)33-4/h6-7,14,16H,5,8-13,15H2,1-4H3. The van der Waals surface area contributed by atoms with Crippen LogP contribution in [0.2, 0.25) is 0 Å². The maximum Gasteiger partial charge on any atom is 0.168 e. The molecular formula is C25H32N6O3. The highest BCUT2D eigenvalue weighted by molar-refractivity contribution is 5.93. The molecular weight excluding hydrogens is 432 g/mol. The maximum atomic E-state index is 5.46. The van der Waals surface area contributed by atoms with Crippen molar-refractivity contribution in [1.82, 2.24) is 29.0 Å². The molecule has 1 aliphatic heterocycles. The second-order valence-corrected chi connectivity index (χ2v) is 8.78. The van der Waals surface area contributed by atoms with Crippen molar-refractivity contribution in [3.8, 4) is 11.5 Å². The zero-order chi connectivity index (χ0) is 23.7. The van der Waals surface area contributed by atoms with Gasteiger partial charge in [-0.15, -0.1) is 5.10 Å². The Kier molecular flexibility index (Phi) is 6.38.